The minimum atomic E-state index is -0.194. The Morgan fingerprint density at radius 2 is 2.14 bits per heavy atom. The smallest absolute Gasteiger partial charge is 0.256 e. The molecule has 0 aromatic heterocycles. The van der Waals surface area contributed by atoms with Gasteiger partial charge in [-0.15, -0.1) is 0 Å². The zero-order valence-corrected chi connectivity index (χ0v) is 8.32. The molecular formula is C10H13NO3. The Bertz CT molecular complexity index is 321. The van der Waals surface area contributed by atoms with E-state index in [1.807, 2.05) is 6.92 Å². The number of carbonyl (C=O) groups is 2. The second-order valence-electron chi connectivity index (χ2n) is 3.79. The zero-order chi connectivity index (χ0) is 10.3. The van der Waals surface area contributed by atoms with E-state index in [2.05, 4.69) is 0 Å². The lowest BCUT2D eigenvalue weighted by Gasteiger charge is -2.12. The van der Waals surface area contributed by atoms with Gasteiger partial charge in [0.2, 0.25) is 0 Å². The van der Waals surface area contributed by atoms with Crippen molar-refractivity contribution in [1.29, 1.82) is 0 Å². The van der Waals surface area contributed by atoms with E-state index in [-0.39, 0.29) is 24.0 Å². The topological polar surface area (TPSA) is 49.9 Å². The van der Waals surface area contributed by atoms with Crippen LogP contribution in [0.25, 0.3) is 0 Å². The van der Waals surface area contributed by atoms with Gasteiger partial charge in [0, 0.05) is 18.2 Å². The van der Waals surface area contributed by atoms with Crippen molar-refractivity contribution in [2.24, 2.45) is 0 Å². The molecule has 2 aliphatic rings. The number of amides is 2. The van der Waals surface area contributed by atoms with Gasteiger partial charge in [0.15, 0.2) is 0 Å². The van der Waals surface area contributed by atoms with Gasteiger partial charge in [-0.3, -0.25) is 14.5 Å². The van der Waals surface area contributed by atoms with Crippen molar-refractivity contribution in [2.45, 2.75) is 32.5 Å². The monoisotopic (exact) mass is 195 g/mol. The second-order valence-corrected chi connectivity index (χ2v) is 3.79. The molecule has 0 aromatic rings. The molecule has 2 heterocycles. The van der Waals surface area contributed by atoms with Gasteiger partial charge in [-0.25, -0.2) is 0 Å². The van der Waals surface area contributed by atoms with Crippen LogP contribution in [-0.2, 0) is 14.3 Å². The first-order chi connectivity index (χ1) is 6.59. The van der Waals surface area contributed by atoms with Crippen LogP contribution in [0, 0.1) is 0 Å². The molecule has 0 N–H and O–H groups in total. The summed E-state index contributed by atoms with van der Waals surface area (Å²) in [6.45, 7) is 4.12. The van der Waals surface area contributed by atoms with Crippen LogP contribution in [0.3, 0.4) is 0 Å². The van der Waals surface area contributed by atoms with Crippen molar-refractivity contribution >= 4 is 11.8 Å². The van der Waals surface area contributed by atoms with Crippen LogP contribution < -0.4 is 0 Å². The highest BCUT2D eigenvalue weighted by atomic mass is 16.6. The standard InChI is InChI=1S/C10H13NO3/c1-6-5-9(12)11(10(6)13)4-3-8-7(2)14-8/h5,7-8H,3-4H2,1-2H3. The number of rotatable bonds is 3. The summed E-state index contributed by atoms with van der Waals surface area (Å²) >= 11 is 0. The first-order valence-electron chi connectivity index (χ1n) is 4.79. The van der Waals surface area contributed by atoms with E-state index in [4.69, 9.17) is 4.74 Å². The Morgan fingerprint density at radius 1 is 1.50 bits per heavy atom. The highest BCUT2D eigenvalue weighted by Gasteiger charge is 2.36. The third-order valence-corrected chi connectivity index (χ3v) is 2.66. The molecule has 0 saturated carbocycles. The van der Waals surface area contributed by atoms with Gasteiger partial charge in [-0.1, -0.05) is 0 Å². The van der Waals surface area contributed by atoms with Gasteiger partial charge in [-0.2, -0.15) is 0 Å². The number of carbonyl (C=O) groups excluding carboxylic acids is 2. The molecule has 0 spiro atoms. The fourth-order valence-corrected chi connectivity index (χ4v) is 1.64. The first-order valence-corrected chi connectivity index (χ1v) is 4.79. The molecule has 1 fully saturated rings. The van der Waals surface area contributed by atoms with Crippen molar-refractivity contribution in [3.8, 4) is 0 Å². The molecule has 1 saturated heterocycles. The second kappa shape index (κ2) is 3.20. The fourth-order valence-electron chi connectivity index (χ4n) is 1.64. The maximum atomic E-state index is 11.4. The molecule has 2 rings (SSSR count). The van der Waals surface area contributed by atoms with Crippen LogP contribution in [0.1, 0.15) is 20.3 Å². The van der Waals surface area contributed by atoms with E-state index in [9.17, 15) is 9.59 Å². The highest BCUT2D eigenvalue weighted by molar-refractivity contribution is 6.15. The van der Waals surface area contributed by atoms with Crippen LogP contribution in [-0.4, -0.2) is 35.5 Å². The molecule has 2 atom stereocenters. The number of imide groups is 1. The minimum Gasteiger partial charge on any atom is -0.370 e. The molecule has 4 heteroatoms. The van der Waals surface area contributed by atoms with Crippen LogP contribution in [0.4, 0.5) is 0 Å². The van der Waals surface area contributed by atoms with E-state index in [1.54, 1.807) is 6.92 Å². The van der Waals surface area contributed by atoms with E-state index < -0.39 is 0 Å². The van der Waals surface area contributed by atoms with Gasteiger partial charge in [0.05, 0.1) is 12.2 Å². The summed E-state index contributed by atoms with van der Waals surface area (Å²) in [7, 11) is 0. The predicted octanol–water partition coefficient (Wildman–Crippen LogP) is 0.479. The molecule has 0 bridgehead atoms. The summed E-state index contributed by atoms with van der Waals surface area (Å²) in [4.78, 5) is 24.0. The normalized spacial score (nSPS) is 31.0. The summed E-state index contributed by atoms with van der Waals surface area (Å²) in [5.74, 6) is -0.357. The van der Waals surface area contributed by atoms with Crippen LogP contribution in [0.2, 0.25) is 0 Å². The molecule has 0 radical (unpaired) electrons. The summed E-state index contributed by atoms with van der Waals surface area (Å²) in [6, 6.07) is 0. The van der Waals surface area contributed by atoms with Gasteiger partial charge in [0.1, 0.15) is 0 Å². The Kier molecular flexibility index (Phi) is 2.15. The number of epoxide rings is 1. The molecule has 2 unspecified atom stereocenters. The van der Waals surface area contributed by atoms with Crippen molar-refractivity contribution in [3.05, 3.63) is 11.6 Å². The van der Waals surface area contributed by atoms with Crippen molar-refractivity contribution in [3.63, 3.8) is 0 Å². The van der Waals surface area contributed by atoms with Crippen LogP contribution >= 0.6 is 0 Å². The fraction of sp³-hybridized carbons (Fsp3) is 0.600. The number of hydrogen-bond donors (Lipinski definition) is 0. The third kappa shape index (κ3) is 1.57. The van der Waals surface area contributed by atoms with Crippen LogP contribution in [0.5, 0.6) is 0 Å². The molecule has 0 aliphatic carbocycles. The number of ether oxygens (including phenoxy) is 1. The first kappa shape index (κ1) is 9.40. The van der Waals surface area contributed by atoms with E-state index >= 15 is 0 Å². The van der Waals surface area contributed by atoms with Crippen molar-refractivity contribution < 1.29 is 14.3 Å². The van der Waals surface area contributed by atoms with Crippen molar-refractivity contribution in [1.82, 2.24) is 4.90 Å². The van der Waals surface area contributed by atoms with Gasteiger partial charge >= 0.3 is 0 Å². The summed E-state index contributed by atoms with van der Waals surface area (Å²) in [5, 5.41) is 0. The molecular weight excluding hydrogens is 182 g/mol. The Balaban J connectivity index is 1.87. The lowest BCUT2D eigenvalue weighted by atomic mass is 10.2. The SMILES string of the molecule is CC1=CC(=O)N(CCC2OC2C)C1=O. The summed E-state index contributed by atoms with van der Waals surface area (Å²) < 4.78 is 5.21. The number of hydrogen-bond acceptors (Lipinski definition) is 3. The maximum absolute atomic E-state index is 11.4. The summed E-state index contributed by atoms with van der Waals surface area (Å²) in [6.07, 6.45) is 2.66. The zero-order valence-electron chi connectivity index (χ0n) is 8.32. The Labute approximate surface area is 82.5 Å². The molecule has 0 aromatic carbocycles. The average molecular weight is 195 g/mol. The molecule has 2 amide bonds. The lowest BCUT2D eigenvalue weighted by Crippen LogP contribution is -2.32. The van der Waals surface area contributed by atoms with Gasteiger partial charge in [0.25, 0.3) is 11.8 Å². The van der Waals surface area contributed by atoms with Crippen molar-refractivity contribution in [2.75, 3.05) is 6.54 Å². The Hall–Kier alpha value is -1.16. The average Bonchev–Trinajstić information content (AvgIpc) is 2.75. The molecule has 76 valence electrons. The highest BCUT2D eigenvalue weighted by Crippen LogP contribution is 2.25. The lowest BCUT2D eigenvalue weighted by molar-refractivity contribution is -0.137. The number of nitrogens with zero attached hydrogens (tertiary/aromatic N) is 1. The quantitative estimate of drug-likeness (QED) is 0.486. The maximum Gasteiger partial charge on any atom is 0.256 e. The molecule has 4 nitrogen and oxygen atoms in total. The minimum absolute atomic E-state index is 0.164. The van der Waals surface area contributed by atoms with E-state index in [0.717, 1.165) is 6.42 Å². The third-order valence-electron chi connectivity index (χ3n) is 2.66. The van der Waals surface area contributed by atoms with E-state index in [0.29, 0.717) is 12.1 Å². The molecule has 2 aliphatic heterocycles. The summed E-state index contributed by atoms with van der Waals surface area (Å²) in [5.41, 5.74) is 0.528. The van der Waals surface area contributed by atoms with Gasteiger partial charge in [-0.05, 0) is 20.3 Å². The van der Waals surface area contributed by atoms with Gasteiger partial charge < -0.3 is 4.74 Å². The Morgan fingerprint density at radius 3 is 2.57 bits per heavy atom. The van der Waals surface area contributed by atoms with E-state index in [1.165, 1.54) is 11.0 Å². The van der Waals surface area contributed by atoms with Crippen LogP contribution in [0.15, 0.2) is 11.6 Å². The predicted molar refractivity (Wildman–Crippen MR) is 49.4 cm³/mol. The molecule has 14 heavy (non-hydrogen) atoms. The largest absolute Gasteiger partial charge is 0.370 e.